The maximum atomic E-state index is 13.3. The fourth-order valence-corrected chi connectivity index (χ4v) is 5.59. The van der Waals surface area contributed by atoms with Crippen LogP contribution in [0.1, 0.15) is 42.9 Å². The molecule has 0 radical (unpaired) electrons. The molecule has 0 saturated heterocycles. The van der Waals surface area contributed by atoms with Gasteiger partial charge in [0.25, 0.3) is 10.0 Å². The van der Waals surface area contributed by atoms with Gasteiger partial charge in [-0.15, -0.1) is 0 Å². The molecule has 3 aromatic carbocycles. The SMILES string of the molecule is CC(C)C(N=C(NS(=O)(=O)c1ccc(C(F)(F)F)cc1)N1CCC(c2ccccc2)C(c2ccc(Cl)cc2)=N1)C(=O)O. The van der Waals surface area contributed by atoms with Gasteiger partial charge in [-0.2, -0.15) is 18.3 Å². The molecule has 0 saturated carbocycles. The highest BCUT2D eigenvalue weighted by Gasteiger charge is 2.33. The summed E-state index contributed by atoms with van der Waals surface area (Å²) in [7, 11) is -4.49. The van der Waals surface area contributed by atoms with Crippen LogP contribution in [-0.4, -0.2) is 48.8 Å². The molecule has 13 heteroatoms. The summed E-state index contributed by atoms with van der Waals surface area (Å²) < 4.78 is 68.1. The maximum absolute atomic E-state index is 13.3. The average molecular weight is 621 g/mol. The van der Waals surface area contributed by atoms with Gasteiger partial charge in [-0.3, -0.25) is 0 Å². The van der Waals surface area contributed by atoms with Crippen molar-refractivity contribution in [2.45, 2.75) is 43.3 Å². The van der Waals surface area contributed by atoms with Crippen molar-refractivity contribution in [3.63, 3.8) is 0 Å². The number of carboxylic acids is 1. The van der Waals surface area contributed by atoms with Gasteiger partial charge < -0.3 is 5.11 Å². The summed E-state index contributed by atoms with van der Waals surface area (Å²) in [5.41, 5.74) is 1.24. The van der Waals surface area contributed by atoms with E-state index in [1.165, 1.54) is 5.01 Å². The lowest BCUT2D eigenvalue weighted by atomic mass is 9.86. The van der Waals surface area contributed by atoms with Crippen molar-refractivity contribution < 1.29 is 31.5 Å². The number of nitrogens with zero attached hydrogens (tertiary/aromatic N) is 3. The van der Waals surface area contributed by atoms with Crippen LogP contribution < -0.4 is 4.72 Å². The predicted molar refractivity (Wildman–Crippen MR) is 154 cm³/mol. The summed E-state index contributed by atoms with van der Waals surface area (Å²) in [5.74, 6) is -2.35. The van der Waals surface area contributed by atoms with Crippen molar-refractivity contribution in [1.29, 1.82) is 0 Å². The van der Waals surface area contributed by atoms with E-state index in [2.05, 4.69) is 9.71 Å². The molecule has 3 aromatic rings. The molecule has 0 fully saturated rings. The third-order valence-corrected chi connectivity index (χ3v) is 8.23. The molecule has 2 unspecified atom stereocenters. The van der Waals surface area contributed by atoms with Crippen molar-refractivity contribution in [3.8, 4) is 0 Å². The first-order chi connectivity index (χ1) is 19.8. The molecule has 0 aromatic heterocycles. The number of hydrogen-bond donors (Lipinski definition) is 2. The molecule has 1 heterocycles. The molecule has 8 nitrogen and oxygen atoms in total. The van der Waals surface area contributed by atoms with Crippen LogP contribution >= 0.6 is 11.6 Å². The van der Waals surface area contributed by atoms with E-state index in [1.54, 1.807) is 38.1 Å². The van der Waals surface area contributed by atoms with Crippen LogP contribution in [0.15, 0.2) is 93.9 Å². The number of nitrogens with one attached hydrogen (secondary N) is 1. The largest absolute Gasteiger partial charge is 0.480 e. The molecular weight excluding hydrogens is 593 g/mol. The Morgan fingerprint density at radius 1 is 1.05 bits per heavy atom. The number of aliphatic imine (C=N–C) groups is 1. The molecule has 42 heavy (non-hydrogen) atoms. The Bertz CT molecular complexity index is 1580. The molecule has 0 amide bonds. The van der Waals surface area contributed by atoms with Gasteiger partial charge in [0.1, 0.15) is 0 Å². The Kier molecular flexibility index (Phi) is 9.27. The minimum absolute atomic E-state index is 0.162. The van der Waals surface area contributed by atoms with Gasteiger partial charge in [0, 0.05) is 17.5 Å². The smallest absolute Gasteiger partial charge is 0.416 e. The van der Waals surface area contributed by atoms with Gasteiger partial charge in [0.15, 0.2) is 6.04 Å². The first kappa shape index (κ1) is 31.0. The number of rotatable bonds is 7. The zero-order chi connectivity index (χ0) is 30.7. The Balaban J connectivity index is 1.80. The van der Waals surface area contributed by atoms with E-state index in [-0.39, 0.29) is 18.4 Å². The van der Waals surface area contributed by atoms with Crippen LogP contribution in [0.4, 0.5) is 13.2 Å². The Labute approximate surface area is 246 Å². The van der Waals surface area contributed by atoms with Crippen LogP contribution in [0.2, 0.25) is 5.02 Å². The number of benzene rings is 3. The molecule has 2 N–H and O–H groups in total. The standard InChI is InChI=1S/C29H28ClF3N4O4S/c1-18(2)25(27(38)39)34-28(36-42(40,41)23-14-10-21(11-15-23)29(31,32)33)37-17-16-24(19-6-4-3-5-7-19)26(35-37)20-8-12-22(30)13-9-20/h3-15,18,24-25H,16-17H2,1-2H3,(H,34,36)(H,38,39). The molecule has 1 aliphatic heterocycles. The third kappa shape index (κ3) is 7.29. The number of halogens is 4. The minimum atomic E-state index is -4.65. The molecule has 222 valence electrons. The number of carbonyl (C=O) groups is 1. The fourth-order valence-electron chi connectivity index (χ4n) is 4.45. The molecular formula is C29H28ClF3N4O4S. The Morgan fingerprint density at radius 3 is 2.21 bits per heavy atom. The topological polar surface area (TPSA) is 111 Å². The summed E-state index contributed by atoms with van der Waals surface area (Å²) in [5, 5.41) is 16.3. The monoisotopic (exact) mass is 620 g/mol. The van der Waals surface area contributed by atoms with E-state index in [0.717, 1.165) is 17.7 Å². The summed E-state index contributed by atoms with van der Waals surface area (Å²) in [6.07, 6.45) is -4.18. The van der Waals surface area contributed by atoms with Crippen LogP contribution in [0.25, 0.3) is 0 Å². The first-order valence-corrected chi connectivity index (χ1v) is 14.8. The number of hydrogen-bond acceptors (Lipinski definition) is 5. The Hall–Kier alpha value is -3.90. The van der Waals surface area contributed by atoms with Crippen molar-refractivity contribution in [2.24, 2.45) is 16.0 Å². The van der Waals surface area contributed by atoms with Crippen molar-refractivity contribution in [2.75, 3.05) is 6.54 Å². The van der Waals surface area contributed by atoms with Crippen LogP contribution in [0, 0.1) is 5.92 Å². The first-order valence-electron chi connectivity index (χ1n) is 12.9. The van der Waals surface area contributed by atoms with E-state index in [9.17, 15) is 31.5 Å². The molecule has 0 spiro atoms. The number of hydrazone groups is 1. The third-order valence-electron chi connectivity index (χ3n) is 6.64. The van der Waals surface area contributed by atoms with Gasteiger partial charge in [-0.05, 0) is 59.9 Å². The molecule has 0 bridgehead atoms. The lowest BCUT2D eigenvalue weighted by Gasteiger charge is -2.32. The quantitative estimate of drug-likeness (QED) is 0.249. The van der Waals surface area contributed by atoms with E-state index in [1.807, 2.05) is 30.3 Å². The number of sulfonamides is 1. The van der Waals surface area contributed by atoms with Gasteiger partial charge in [0.05, 0.1) is 16.2 Å². The van der Waals surface area contributed by atoms with Crippen LogP contribution in [-0.2, 0) is 21.0 Å². The highest BCUT2D eigenvalue weighted by atomic mass is 35.5. The normalized spacial score (nSPS) is 17.1. The zero-order valence-electron chi connectivity index (χ0n) is 22.6. The lowest BCUT2D eigenvalue weighted by molar-refractivity contribution is -0.139. The molecule has 1 aliphatic rings. The number of carboxylic acid groups (broad SMARTS) is 1. The van der Waals surface area contributed by atoms with Gasteiger partial charge in [-0.25, -0.2) is 27.9 Å². The van der Waals surface area contributed by atoms with Crippen molar-refractivity contribution in [1.82, 2.24) is 9.73 Å². The highest BCUT2D eigenvalue weighted by Crippen LogP contribution is 2.31. The highest BCUT2D eigenvalue weighted by molar-refractivity contribution is 7.90. The van der Waals surface area contributed by atoms with Gasteiger partial charge in [-0.1, -0.05) is 67.9 Å². The summed E-state index contributed by atoms with van der Waals surface area (Å²) in [6.45, 7) is 3.40. The number of alkyl halides is 3. The summed E-state index contributed by atoms with van der Waals surface area (Å²) in [4.78, 5) is 15.8. The molecule has 0 aliphatic carbocycles. The minimum Gasteiger partial charge on any atom is -0.480 e. The number of guanidine groups is 1. The second-order valence-corrected chi connectivity index (χ2v) is 12.1. The predicted octanol–water partition coefficient (Wildman–Crippen LogP) is 6.00. The summed E-state index contributed by atoms with van der Waals surface area (Å²) in [6, 6.07) is 18.1. The van der Waals surface area contributed by atoms with Gasteiger partial charge in [0.2, 0.25) is 5.96 Å². The van der Waals surface area contributed by atoms with Gasteiger partial charge >= 0.3 is 12.1 Å². The maximum Gasteiger partial charge on any atom is 0.416 e. The molecule has 2 atom stereocenters. The summed E-state index contributed by atoms with van der Waals surface area (Å²) >= 11 is 6.10. The van der Waals surface area contributed by atoms with Crippen molar-refractivity contribution >= 4 is 39.3 Å². The lowest BCUT2D eigenvalue weighted by Crippen LogP contribution is -2.46. The second-order valence-electron chi connectivity index (χ2n) is 9.97. The second kappa shape index (κ2) is 12.5. The fraction of sp³-hybridized carbons (Fsp3) is 0.276. The van der Waals surface area contributed by atoms with Crippen molar-refractivity contribution in [3.05, 3.63) is 101 Å². The van der Waals surface area contributed by atoms with Crippen LogP contribution in [0.5, 0.6) is 0 Å². The average Bonchev–Trinajstić information content (AvgIpc) is 2.95. The van der Waals surface area contributed by atoms with E-state index >= 15 is 0 Å². The Morgan fingerprint density at radius 2 is 1.67 bits per heavy atom. The van der Waals surface area contributed by atoms with Crippen LogP contribution in [0.3, 0.4) is 0 Å². The molecule has 4 rings (SSSR count). The van der Waals surface area contributed by atoms with E-state index in [0.29, 0.717) is 34.9 Å². The van der Waals surface area contributed by atoms with E-state index in [4.69, 9.17) is 16.7 Å². The zero-order valence-corrected chi connectivity index (χ0v) is 24.2. The van der Waals surface area contributed by atoms with E-state index < -0.39 is 44.6 Å². The number of aliphatic carboxylic acids is 1.